The standard InChI is InChI=1S/C16H32N2/c1-12(2)15-6-8-16(9-7-15)18-11-14(10-17)5-4-13(18)3/h12-16H,4-11,17H2,1-3H3. The summed E-state index contributed by atoms with van der Waals surface area (Å²) in [5, 5.41) is 0. The minimum Gasteiger partial charge on any atom is -0.330 e. The molecular formula is C16H32N2. The maximum absolute atomic E-state index is 5.88. The first-order valence-corrected chi connectivity index (χ1v) is 8.07. The summed E-state index contributed by atoms with van der Waals surface area (Å²) in [5.74, 6) is 2.61. The summed E-state index contributed by atoms with van der Waals surface area (Å²) in [7, 11) is 0. The molecule has 1 heterocycles. The first-order valence-electron chi connectivity index (χ1n) is 8.07. The number of nitrogens with zero attached hydrogens (tertiary/aromatic N) is 1. The molecule has 0 aromatic carbocycles. The van der Waals surface area contributed by atoms with Crippen molar-refractivity contribution < 1.29 is 0 Å². The van der Waals surface area contributed by atoms with E-state index in [-0.39, 0.29) is 0 Å². The normalized spacial score (nSPS) is 39.2. The van der Waals surface area contributed by atoms with E-state index >= 15 is 0 Å². The van der Waals surface area contributed by atoms with E-state index in [4.69, 9.17) is 5.73 Å². The molecule has 2 atom stereocenters. The molecular weight excluding hydrogens is 220 g/mol. The Balaban J connectivity index is 1.87. The van der Waals surface area contributed by atoms with Crippen LogP contribution < -0.4 is 5.73 Å². The molecule has 2 N–H and O–H groups in total. The molecule has 1 saturated heterocycles. The largest absolute Gasteiger partial charge is 0.330 e. The first kappa shape index (κ1) is 14.3. The van der Waals surface area contributed by atoms with Gasteiger partial charge in [-0.15, -0.1) is 0 Å². The van der Waals surface area contributed by atoms with E-state index in [0.29, 0.717) is 0 Å². The number of hydrogen-bond donors (Lipinski definition) is 1. The van der Waals surface area contributed by atoms with Crippen LogP contribution in [0.3, 0.4) is 0 Å². The Hall–Kier alpha value is -0.0800. The van der Waals surface area contributed by atoms with Crippen molar-refractivity contribution in [3.05, 3.63) is 0 Å². The van der Waals surface area contributed by atoms with Crippen LogP contribution in [0.4, 0.5) is 0 Å². The third kappa shape index (κ3) is 3.27. The highest BCUT2D eigenvalue weighted by Crippen LogP contribution is 2.35. The molecule has 2 nitrogen and oxygen atoms in total. The first-order chi connectivity index (χ1) is 8.61. The average Bonchev–Trinajstić information content (AvgIpc) is 2.39. The lowest BCUT2D eigenvalue weighted by Crippen LogP contribution is -2.50. The van der Waals surface area contributed by atoms with Gasteiger partial charge in [0.2, 0.25) is 0 Å². The van der Waals surface area contributed by atoms with Crippen LogP contribution in [-0.2, 0) is 0 Å². The smallest absolute Gasteiger partial charge is 0.00984 e. The van der Waals surface area contributed by atoms with Crippen molar-refractivity contribution in [3.8, 4) is 0 Å². The molecule has 2 aliphatic rings. The zero-order valence-electron chi connectivity index (χ0n) is 12.6. The van der Waals surface area contributed by atoms with Gasteiger partial charge in [0.15, 0.2) is 0 Å². The van der Waals surface area contributed by atoms with Gasteiger partial charge in [0, 0.05) is 18.6 Å². The van der Waals surface area contributed by atoms with E-state index in [2.05, 4.69) is 25.7 Å². The Labute approximate surface area is 113 Å². The summed E-state index contributed by atoms with van der Waals surface area (Å²) in [6, 6.07) is 1.64. The molecule has 0 amide bonds. The lowest BCUT2D eigenvalue weighted by atomic mass is 9.78. The van der Waals surface area contributed by atoms with Crippen molar-refractivity contribution in [1.82, 2.24) is 4.90 Å². The van der Waals surface area contributed by atoms with Crippen molar-refractivity contribution in [2.75, 3.05) is 13.1 Å². The fraction of sp³-hybridized carbons (Fsp3) is 1.00. The minimum absolute atomic E-state index is 0.754. The third-order valence-electron chi connectivity index (χ3n) is 5.51. The summed E-state index contributed by atoms with van der Waals surface area (Å²) < 4.78 is 0. The van der Waals surface area contributed by atoms with Crippen molar-refractivity contribution in [2.24, 2.45) is 23.5 Å². The molecule has 0 spiro atoms. The van der Waals surface area contributed by atoms with E-state index in [9.17, 15) is 0 Å². The van der Waals surface area contributed by atoms with E-state index in [1.165, 1.54) is 45.1 Å². The van der Waals surface area contributed by atoms with E-state index in [1.54, 1.807) is 0 Å². The molecule has 0 bridgehead atoms. The molecule has 0 aromatic heterocycles. The zero-order chi connectivity index (χ0) is 13.1. The molecule has 1 aliphatic carbocycles. The number of hydrogen-bond acceptors (Lipinski definition) is 2. The lowest BCUT2D eigenvalue weighted by molar-refractivity contribution is 0.0426. The van der Waals surface area contributed by atoms with Crippen molar-refractivity contribution in [2.45, 2.75) is 71.4 Å². The predicted octanol–water partition coefficient (Wildman–Crippen LogP) is 3.26. The molecule has 2 heteroatoms. The molecule has 0 radical (unpaired) electrons. The Kier molecular flexibility index (Phi) is 5.08. The summed E-state index contributed by atoms with van der Waals surface area (Å²) in [6.45, 7) is 9.33. The number of rotatable bonds is 3. The summed E-state index contributed by atoms with van der Waals surface area (Å²) in [4.78, 5) is 2.79. The number of piperidine rings is 1. The van der Waals surface area contributed by atoms with Gasteiger partial charge in [-0.05, 0) is 69.7 Å². The fourth-order valence-electron chi connectivity index (χ4n) is 4.01. The van der Waals surface area contributed by atoms with Crippen LogP contribution in [-0.4, -0.2) is 30.1 Å². The van der Waals surface area contributed by atoms with E-state index in [0.717, 1.165) is 36.4 Å². The topological polar surface area (TPSA) is 29.3 Å². The second-order valence-electron chi connectivity index (χ2n) is 7.04. The summed E-state index contributed by atoms with van der Waals surface area (Å²) >= 11 is 0. The van der Waals surface area contributed by atoms with Crippen LogP contribution in [0, 0.1) is 17.8 Å². The van der Waals surface area contributed by atoms with Crippen LogP contribution in [0.2, 0.25) is 0 Å². The SMILES string of the molecule is CC(C)C1CCC(N2CC(CN)CCC2C)CC1. The Morgan fingerprint density at radius 3 is 2.28 bits per heavy atom. The number of likely N-dealkylation sites (tertiary alicyclic amines) is 1. The van der Waals surface area contributed by atoms with Crippen LogP contribution in [0.5, 0.6) is 0 Å². The Morgan fingerprint density at radius 2 is 1.72 bits per heavy atom. The highest BCUT2D eigenvalue weighted by atomic mass is 15.2. The van der Waals surface area contributed by atoms with Crippen LogP contribution in [0.1, 0.15) is 59.3 Å². The van der Waals surface area contributed by atoms with Gasteiger partial charge >= 0.3 is 0 Å². The van der Waals surface area contributed by atoms with Gasteiger partial charge in [0.1, 0.15) is 0 Å². The second kappa shape index (κ2) is 6.38. The molecule has 1 saturated carbocycles. The van der Waals surface area contributed by atoms with Gasteiger partial charge in [-0.1, -0.05) is 13.8 Å². The van der Waals surface area contributed by atoms with E-state index < -0.39 is 0 Å². The van der Waals surface area contributed by atoms with E-state index in [1.807, 2.05) is 0 Å². The maximum Gasteiger partial charge on any atom is 0.00984 e. The Bertz CT molecular complexity index is 243. The van der Waals surface area contributed by atoms with Gasteiger partial charge in [0.25, 0.3) is 0 Å². The van der Waals surface area contributed by atoms with Gasteiger partial charge in [-0.2, -0.15) is 0 Å². The van der Waals surface area contributed by atoms with Crippen molar-refractivity contribution >= 4 is 0 Å². The monoisotopic (exact) mass is 252 g/mol. The highest BCUT2D eigenvalue weighted by Gasteiger charge is 2.33. The second-order valence-corrected chi connectivity index (χ2v) is 7.04. The van der Waals surface area contributed by atoms with Gasteiger partial charge in [0.05, 0.1) is 0 Å². The van der Waals surface area contributed by atoms with Crippen LogP contribution >= 0.6 is 0 Å². The highest BCUT2D eigenvalue weighted by molar-refractivity contribution is 4.87. The molecule has 18 heavy (non-hydrogen) atoms. The minimum atomic E-state index is 0.754. The summed E-state index contributed by atoms with van der Waals surface area (Å²) in [5.41, 5.74) is 5.88. The molecule has 106 valence electrons. The number of nitrogens with two attached hydrogens (primary N) is 1. The lowest BCUT2D eigenvalue weighted by Gasteiger charge is -2.45. The van der Waals surface area contributed by atoms with Crippen LogP contribution in [0.15, 0.2) is 0 Å². The Morgan fingerprint density at radius 1 is 1.06 bits per heavy atom. The quantitative estimate of drug-likeness (QED) is 0.835. The molecule has 0 aromatic rings. The summed E-state index contributed by atoms with van der Waals surface area (Å²) in [6.07, 6.45) is 8.42. The average molecular weight is 252 g/mol. The zero-order valence-corrected chi connectivity index (χ0v) is 12.6. The van der Waals surface area contributed by atoms with Gasteiger partial charge in [-0.25, -0.2) is 0 Å². The molecule has 2 unspecified atom stereocenters. The van der Waals surface area contributed by atoms with Crippen molar-refractivity contribution in [3.63, 3.8) is 0 Å². The van der Waals surface area contributed by atoms with Gasteiger partial charge in [-0.3, -0.25) is 4.90 Å². The molecule has 1 aliphatic heterocycles. The third-order valence-corrected chi connectivity index (χ3v) is 5.51. The predicted molar refractivity (Wildman–Crippen MR) is 78.5 cm³/mol. The maximum atomic E-state index is 5.88. The van der Waals surface area contributed by atoms with Gasteiger partial charge < -0.3 is 5.73 Å². The fourth-order valence-corrected chi connectivity index (χ4v) is 4.01. The van der Waals surface area contributed by atoms with Crippen molar-refractivity contribution in [1.29, 1.82) is 0 Å². The molecule has 2 fully saturated rings. The van der Waals surface area contributed by atoms with Crippen LogP contribution in [0.25, 0.3) is 0 Å². The molecule has 2 rings (SSSR count).